The van der Waals surface area contributed by atoms with Gasteiger partial charge in [-0.3, -0.25) is 0 Å². The molecule has 1 aliphatic heterocycles. The lowest BCUT2D eigenvalue weighted by Gasteiger charge is -2.07. The van der Waals surface area contributed by atoms with Crippen LogP contribution in [0.5, 0.6) is 0 Å². The van der Waals surface area contributed by atoms with Crippen LogP contribution >= 0.6 is 11.8 Å². The molecule has 1 aromatic rings. The Bertz CT molecular complexity index is 255. The zero-order chi connectivity index (χ0) is 7.52. The summed E-state index contributed by atoms with van der Waals surface area (Å²) in [6, 6.07) is 3.72. The van der Waals surface area contributed by atoms with Gasteiger partial charge in [0.1, 0.15) is 6.61 Å². The third-order valence-corrected chi connectivity index (χ3v) is 2.21. The first-order valence-corrected chi connectivity index (χ1v) is 4.32. The highest BCUT2D eigenvalue weighted by atomic mass is 32.2. The molecule has 0 aromatic carbocycles. The normalized spacial score (nSPS) is 17.3. The first kappa shape index (κ1) is 6.79. The Morgan fingerprint density at radius 3 is 3.18 bits per heavy atom. The van der Waals surface area contributed by atoms with Crippen LogP contribution in [0.1, 0.15) is 5.76 Å². The molecule has 0 N–H and O–H groups in total. The molecule has 1 aromatic heterocycles. The quantitative estimate of drug-likeness (QED) is 0.641. The van der Waals surface area contributed by atoms with Gasteiger partial charge in [0, 0.05) is 5.75 Å². The van der Waals surface area contributed by atoms with Gasteiger partial charge in [0.05, 0.1) is 6.26 Å². The largest absolute Gasteiger partial charge is 0.462 e. The maximum atomic E-state index is 5.14. The first-order chi connectivity index (χ1) is 5.47. The third kappa shape index (κ3) is 1.40. The molecule has 0 atom stereocenters. The predicted molar refractivity (Wildman–Crippen MR) is 43.7 cm³/mol. The molecule has 1 aliphatic rings. The average Bonchev–Trinajstić information content (AvgIpc) is 2.58. The Morgan fingerprint density at radius 2 is 2.55 bits per heavy atom. The predicted octanol–water partition coefficient (Wildman–Crippen LogP) is 1.70. The Balaban J connectivity index is 2.22. The summed E-state index contributed by atoms with van der Waals surface area (Å²) in [5.74, 6) is 1.73. The van der Waals surface area contributed by atoms with Crippen molar-refractivity contribution < 1.29 is 9.25 Å². The topological polar surface area (TPSA) is 34.7 Å². The zero-order valence-corrected chi connectivity index (χ0v) is 6.63. The summed E-state index contributed by atoms with van der Waals surface area (Å²) < 4.78 is 5.14. The molecular weight excluding hydrogens is 162 g/mol. The van der Waals surface area contributed by atoms with E-state index in [0.29, 0.717) is 6.61 Å². The van der Waals surface area contributed by atoms with Crippen LogP contribution in [0, 0.1) is 0 Å². The van der Waals surface area contributed by atoms with Crippen molar-refractivity contribution in [3.05, 3.63) is 24.2 Å². The minimum atomic E-state index is 0.689. The monoisotopic (exact) mass is 169 g/mol. The number of hydrogen-bond donors (Lipinski definition) is 0. The summed E-state index contributed by atoms with van der Waals surface area (Å²) in [7, 11) is 0. The molecule has 0 spiro atoms. The van der Waals surface area contributed by atoms with E-state index < -0.39 is 0 Å². The van der Waals surface area contributed by atoms with Crippen LogP contribution in [-0.4, -0.2) is 17.4 Å². The summed E-state index contributed by atoms with van der Waals surface area (Å²) in [6.45, 7) is 0.689. The molecule has 0 saturated heterocycles. The highest BCUT2D eigenvalue weighted by molar-refractivity contribution is 8.14. The highest BCUT2D eigenvalue weighted by Gasteiger charge is 2.11. The fraction of sp³-hybridized carbons (Fsp3) is 0.286. The molecule has 2 heterocycles. The van der Waals surface area contributed by atoms with Crippen molar-refractivity contribution in [3.8, 4) is 0 Å². The summed E-state index contributed by atoms with van der Waals surface area (Å²) in [5.41, 5.74) is 0. The lowest BCUT2D eigenvalue weighted by molar-refractivity contribution is 0.160. The van der Waals surface area contributed by atoms with Gasteiger partial charge >= 0.3 is 0 Å². The van der Waals surface area contributed by atoms with Crippen LogP contribution in [0.2, 0.25) is 0 Å². The van der Waals surface area contributed by atoms with E-state index in [1.54, 1.807) is 18.0 Å². The third-order valence-electron chi connectivity index (χ3n) is 1.29. The van der Waals surface area contributed by atoms with Gasteiger partial charge in [0.2, 0.25) is 0 Å². The van der Waals surface area contributed by atoms with E-state index in [1.165, 1.54) is 0 Å². The summed E-state index contributed by atoms with van der Waals surface area (Å²) >= 11 is 1.65. The fourth-order valence-corrected chi connectivity index (χ4v) is 1.54. The van der Waals surface area contributed by atoms with Gasteiger partial charge in [0.25, 0.3) is 0 Å². The summed E-state index contributed by atoms with van der Waals surface area (Å²) in [4.78, 5) is 4.91. The van der Waals surface area contributed by atoms with Crippen molar-refractivity contribution in [2.45, 2.75) is 0 Å². The number of furan rings is 1. The molecule has 0 saturated carbocycles. The van der Waals surface area contributed by atoms with E-state index in [2.05, 4.69) is 5.16 Å². The van der Waals surface area contributed by atoms with Gasteiger partial charge in [-0.1, -0.05) is 16.9 Å². The van der Waals surface area contributed by atoms with Crippen molar-refractivity contribution in [2.75, 3.05) is 12.4 Å². The Labute approximate surface area is 68.4 Å². The molecule has 0 amide bonds. The molecular formula is C7H7NO2S. The number of thioether (sulfide) groups is 1. The Hall–Kier alpha value is -0.900. The van der Waals surface area contributed by atoms with E-state index >= 15 is 0 Å². The maximum Gasteiger partial charge on any atom is 0.178 e. The van der Waals surface area contributed by atoms with Gasteiger partial charge in [-0.05, 0) is 12.1 Å². The van der Waals surface area contributed by atoms with Crippen LogP contribution in [0.4, 0.5) is 0 Å². The number of hydrogen-bond acceptors (Lipinski definition) is 4. The zero-order valence-electron chi connectivity index (χ0n) is 5.82. The van der Waals surface area contributed by atoms with Gasteiger partial charge in [-0.15, -0.1) is 0 Å². The molecule has 0 aliphatic carbocycles. The van der Waals surface area contributed by atoms with Crippen LogP contribution in [0.3, 0.4) is 0 Å². The second-order valence-corrected chi connectivity index (χ2v) is 3.14. The minimum Gasteiger partial charge on any atom is -0.462 e. The lowest BCUT2D eigenvalue weighted by atomic mass is 10.5. The van der Waals surface area contributed by atoms with Crippen LogP contribution in [0.25, 0.3) is 0 Å². The number of nitrogens with zero attached hydrogens (tertiary/aromatic N) is 1. The molecule has 0 fully saturated rings. The number of oxime groups is 1. The van der Waals surface area contributed by atoms with Crippen molar-refractivity contribution >= 4 is 16.8 Å². The molecule has 58 valence electrons. The molecule has 11 heavy (non-hydrogen) atoms. The molecule has 0 radical (unpaired) electrons. The van der Waals surface area contributed by atoms with Crippen LogP contribution < -0.4 is 0 Å². The second kappa shape index (κ2) is 3.00. The fourth-order valence-electron chi connectivity index (χ4n) is 0.823. The molecule has 2 rings (SSSR count). The minimum absolute atomic E-state index is 0.689. The van der Waals surface area contributed by atoms with E-state index in [0.717, 1.165) is 16.6 Å². The number of rotatable bonds is 1. The van der Waals surface area contributed by atoms with Crippen LogP contribution in [0.15, 0.2) is 28.0 Å². The second-order valence-electron chi connectivity index (χ2n) is 2.06. The molecule has 4 heteroatoms. The Kier molecular flexibility index (Phi) is 1.85. The maximum absolute atomic E-state index is 5.14. The van der Waals surface area contributed by atoms with E-state index in [4.69, 9.17) is 9.25 Å². The van der Waals surface area contributed by atoms with Gasteiger partial charge in [0.15, 0.2) is 10.8 Å². The summed E-state index contributed by atoms with van der Waals surface area (Å²) in [6.07, 6.45) is 1.63. The highest BCUT2D eigenvalue weighted by Crippen LogP contribution is 2.17. The molecule has 0 unspecified atom stereocenters. The smallest absolute Gasteiger partial charge is 0.178 e. The van der Waals surface area contributed by atoms with Gasteiger partial charge < -0.3 is 9.25 Å². The lowest BCUT2D eigenvalue weighted by Crippen LogP contribution is -2.06. The van der Waals surface area contributed by atoms with Crippen molar-refractivity contribution in [3.63, 3.8) is 0 Å². The van der Waals surface area contributed by atoms with E-state index in [9.17, 15) is 0 Å². The molecule has 3 nitrogen and oxygen atoms in total. The average molecular weight is 169 g/mol. The van der Waals surface area contributed by atoms with Gasteiger partial charge in [-0.25, -0.2) is 0 Å². The van der Waals surface area contributed by atoms with Crippen molar-refractivity contribution in [2.24, 2.45) is 5.16 Å². The van der Waals surface area contributed by atoms with Crippen LogP contribution in [-0.2, 0) is 4.84 Å². The molecule has 0 bridgehead atoms. The SMILES string of the molecule is c1coc(C2=NOCCS2)c1. The standard InChI is InChI=1S/C7H7NO2S/c1-2-6(9-3-1)7-8-10-4-5-11-7/h1-3H,4-5H2. The Morgan fingerprint density at radius 1 is 1.55 bits per heavy atom. The first-order valence-electron chi connectivity index (χ1n) is 3.33. The van der Waals surface area contributed by atoms with E-state index in [-0.39, 0.29) is 0 Å². The summed E-state index contributed by atoms with van der Waals surface area (Å²) in [5, 5.41) is 4.69. The van der Waals surface area contributed by atoms with Crippen molar-refractivity contribution in [1.82, 2.24) is 0 Å². The van der Waals surface area contributed by atoms with Crippen molar-refractivity contribution in [1.29, 1.82) is 0 Å². The van der Waals surface area contributed by atoms with E-state index in [1.807, 2.05) is 12.1 Å². The van der Waals surface area contributed by atoms with Gasteiger partial charge in [-0.2, -0.15) is 0 Å².